The highest BCUT2D eigenvalue weighted by Crippen LogP contribution is 2.36. The van der Waals surface area contributed by atoms with Crippen molar-refractivity contribution in [2.75, 3.05) is 7.11 Å². The van der Waals surface area contributed by atoms with E-state index in [0.29, 0.717) is 24.9 Å². The number of hydrogen-bond acceptors (Lipinski definition) is 9. The quantitative estimate of drug-likeness (QED) is 0.494. The number of ether oxygens (including phenoxy) is 2. The van der Waals surface area contributed by atoms with E-state index in [0.717, 1.165) is 0 Å². The number of carbonyl (C=O) groups is 2. The van der Waals surface area contributed by atoms with E-state index >= 15 is 0 Å². The van der Waals surface area contributed by atoms with Gasteiger partial charge in [0, 0.05) is 18.4 Å². The van der Waals surface area contributed by atoms with Crippen LogP contribution in [-0.4, -0.2) is 59.3 Å². The van der Waals surface area contributed by atoms with Crippen LogP contribution in [0.5, 0.6) is 5.75 Å². The topological polar surface area (TPSA) is 168 Å². The minimum atomic E-state index is -4.41. The molecule has 1 heterocycles. The number of rotatable bonds is 9. The molecule has 0 unspecified atom stereocenters. The molecule has 0 spiro atoms. The van der Waals surface area contributed by atoms with Gasteiger partial charge in [0.1, 0.15) is 16.2 Å². The number of amides is 2. The molecule has 36 heavy (non-hydrogen) atoms. The van der Waals surface area contributed by atoms with E-state index in [2.05, 4.69) is 15.4 Å². The summed E-state index contributed by atoms with van der Waals surface area (Å²) in [5.74, 6) is -3.26. The summed E-state index contributed by atoms with van der Waals surface area (Å²) in [7, 11) is -3.17. The summed E-state index contributed by atoms with van der Waals surface area (Å²) >= 11 is 0. The zero-order chi connectivity index (χ0) is 26.7. The maximum atomic E-state index is 13.4. The normalized spacial score (nSPS) is 16.4. The van der Waals surface area contributed by atoms with Crippen LogP contribution < -0.4 is 15.2 Å². The highest BCUT2D eigenvalue weighted by molar-refractivity contribution is 7.90. The van der Waals surface area contributed by atoms with Crippen molar-refractivity contribution in [3.63, 3.8) is 0 Å². The molecule has 1 fully saturated rings. The second kappa shape index (κ2) is 10.3. The predicted octanol–water partition coefficient (Wildman–Crippen LogP) is 2.24. The predicted molar refractivity (Wildman–Crippen MR) is 121 cm³/mol. The Morgan fingerprint density at radius 3 is 2.56 bits per heavy atom. The molecule has 3 N–H and O–H groups in total. The van der Waals surface area contributed by atoms with Gasteiger partial charge >= 0.3 is 6.09 Å². The molecule has 1 saturated carbocycles. The van der Waals surface area contributed by atoms with Crippen molar-refractivity contribution in [1.29, 1.82) is 0 Å². The Kier molecular flexibility index (Phi) is 7.81. The zero-order valence-corrected chi connectivity index (χ0v) is 20.8. The third kappa shape index (κ3) is 7.08. The molecule has 2 amide bonds. The van der Waals surface area contributed by atoms with Crippen molar-refractivity contribution in [2.45, 2.75) is 68.9 Å². The van der Waals surface area contributed by atoms with E-state index in [4.69, 9.17) is 15.2 Å². The molecule has 0 aliphatic heterocycles. The first kappa shape index (κ1) is 27.2. The number of sulfonamides is 1. The highest BCUT2D eigenvalue weighted by Gasteiger charge is 2.35. The highest BCUT2D eigenvalue weighted by atomic mass is 32.2. The maximum absolute atomic E-state index is 13.4. The van der Waals surface area contributed by atoms with Gasteiger partial charge in [-0.25, -0.2) is 26.7 Å². The minimum Gasteiger partial charge on any atom is -0.495 e. The molecule has 2 aromatic rings. The van der Waals surface area contributed by atoms with Crippen LogP contribution in [0.25, 0.3) is 11.4 Å². The van der Waals surface area contributed by atoms with Gasteiger partial charge in [0.05, 0.1) is 20.1 Å². The Morgan fingerprint density at radius 2 is 1.94 bits per heavy atom. The molecular weight excluding hydrogens is 502 g/mol. The number of benzene rings is 1. The second-order valence-electron chi connectivity index (χ2n) is 9.23. The van der Waals surface area contributed by atoms with Crippen LogP contribution in [0.4, 0.5) is 13.6 Å². The number of primary amides is 1. The van der Waals surface area contributed by atoms with Gasteiger partial charge < -0.3 is 15.2 Å². The standard InChI is InChI=1S/C21H28F2N6O6S/c1-20(2,11-17(24)30)35-19(31)27-36(32,33)16-5-4-14(10-15(16)34-3)18-25-28-29(26-18)12-13-6-8-21(22,23)9-7-13/h4-5,10,13H,6-9,11-12H2,1-3H3,(H2,24,30)(H,27,31). The molecule has 0 radical (unpaired) electrons. The summed E-state index contributed by atoms with van der Waals surface area (Å²) in [4.78, 5) is 24.2. The number of nitrogens with two attached hydrogens (primary N) is 1. The molecular formula is C21H28F2N6O6S. The van der Waals surface area contributed by atoms with E-state index in [9.17, 15) is 26.8 Å². The van der Waals surface area contributed by atoms with Crippen molar-refractivity contribution < 1.29 is 36.3 Å². The summed E-state index contributed by atoms with van der Waals surface area (Å²) in [6.45, 7) is 3.15. The van der Waals surface area contributed by atoms with Crippen LogP contribution in [0.2, 0.25) is 0 Å². The van der Waals surface area contributed by atoms with Crippen LogP contribution in [0.15, 0.2) is 23.1 Å². The van der Waals surface area contributed by atoms with Gasteiger partial charge in [0.15, 0.2) is 0 Å². The lowest BCUT2D eigenvalue weighted by Crippen LogP contribution is -2.39. The number of hydrogen-bond donors (Lipinski definition) is 2. The number of carbonyl (C=O) groups excluding carboxylic acids is 2. The molecule has 3 rings (SSSR count). The van der Waals surface area contributed by atoms with E-state index in [1.54, 1.807) is 4.72 Å². The third-order valence-corrected chi connectivity index (χ3v) is 6.96. The fourth-order valence-corrected chi connectivity index (χ4v) is 4.90. The molecule has 15 heteroatoms. The average molecular weight is 531 g/mol. The maximum Gasteiger partial charge on any atom is 0.421 e. The fraction of sp³-hybridized carbons (Fsp3) is 0.571. The lowest BCUT2D eigenvalue weighted by atomic mass is 9.87. The number of tetrazole rings is 1. The smallest absolute Gasteiger partial charge is 0.421 e. The molecule has 198 valence electrons. The lowest BCUT2D eigenvalue weighted by Gasteiger charge is -2.27. The van der Waals surface area contributed by atoms with E-state index in [-0.39, 0.29) is 41.6 Å². The third-order valence-electron chi connectivity index (χ3n) is 5.61. The summed E-state index contributed by atoms with van der Waals surface area (Å²) < 4.78 is 64.2. The van der Waals surface area contributed by atoms with Gasteiger partial charge in [-0.2, -0.15) is 4.80 Å². The van der Waals surface area contributed by atoms with Crippen LogP contribution in [0.3, 0.4) is 0 Å². The molecule has 12 nitrogen and oxygen atoms in total. The van der Waals surface area contributed by atoms with Crippen molar-refractivity contribution in [3.05, 3.63) is 18.2 Å². The molecule has 0 saturated heterocycles. The Morgan fingerprint density at radius 1 is 1.28 bits per heavy atom. The van der Waals surface area contributed by atoms with Crippen molar-refractivity contribution in [3.8, 4) is 17.1 Å². The number of nitrogens with zero attached hydrogens (tertiary/aromatic N) is 4. The molecule has 1 aliphatic rings. The number of alkyl halides is 2. The second-order valence-corrected chi connectivity index (χ2v) is 10.9. The van der Waals surface area contributed by atoms with E-state index in [1.165, 1.54) is 44.0 Å². The van der Waals surface area contributed by atoms with Gasteiger partial charge in [0.2, 0.25) is 17.7 Å². The summed E-state index contributed by atoms with van der Waals surface area (Å²) in [5.41, 5.74) is 4.16. The Balaban J connectivity index is 1.72. The SMILES string of the molecule is COc1cc(-c2nnn(CC3CCC(F)(F)CC3)n2)ccc1S(=O)(=O)NC(=O)OC(C)(C)CC(N)=O. The van der Waals surface area contributed by atoms with Crippen LogP contribution >= 0.6 is 0 Å². The first-order chi connectivity index (χ1) is 16.7. The van der Waals surface area contributed by atoms with Crippen LogP contribution in [0, 0.1) is 5.92 Å². The Bertz CT molecular complexity index is 1220. The molecule has 1 aromatic carbocycles. The first-order valence-electron chi connectivity index (χ1n) is 11.1. The van der Waals surface area contributed by atoms with Gasteiger partial charge in [-0.3, -0.25) is 4.79 Å². The lowest BCUT2D eigenvalue weighted by molar-refractivity contribution is -0.121. The minimum absolute atomic E-state index is 0.00695. The summed E-state index contributed by atoms with van der Waals surface area (Å²) in [6, 6.07) is 3.96. The average Bonchev–Trinajstić information content (AvgIpc) is 3.21. The number of halogens is 2. The first-order valence-corrected chi connectivity index (χ1v) is 12.6. The van der Waals surface area contributed by atoms with Gasteiger partial charge in [-0.1, -0.05) is 0 Å². The Labute approximate surface area is 206 Å². The van der Waals surface area contributed by atoms with Crippen LogP contribution in [-0.2, 0) is 26.1 Å². The molecule has 0 atom stereocenters. The van der Waals surface area contributed by atoms with E-state index < -0.39 is 33.5 Å². The number of aromatic nitrogens is 4. The van der Waals surface area contributed by atoms with Crippen molar-refractivity contribution in [2.24, 2.45) is 11.7 Å². The van der Waals surface area contributed by atoms with Crippen molar-refractivity contribution >= 4 is 22.0 Å². The van der Waals surface area contributed by atoms with Crippen LogP contribution in [0.1, 0.15) is 46.0 Å². The molecule has 1 aromatic heterocycles. The zero-order valence-electron chi connectivity index (χ0n) is 20.0. The summed E-state index contributed by atoms with van der Waals surface area (Å²) in [5, 5.41) is 12.2. The van der Waals surface area contributed by atoms with E-state index in [1.807, 2.05) is 0 Å². The Hall–Kier alpha value is -3.36. The van der Waals surface area contributed by atoms with Gasteiger partial charge in [-0.05, 0) is 56.0 Å². The number of methoxy groups -OCH3 is 1. The van der Waals surface area contributed by atoms with Gasteiger partial charge in [0.25, 0.3) is 10.0 Å². The number of nitrogens with one attached hydrogen (secondary N) is 1. The summed E-state index contributed by atoms with van der Waals surface area (Å²) in [6.07, 6.45) is -1.22. The fourth-order valence-electron chi connectivity index (χ4n) is 3.87. The monoisotopic (exact) mass is 530 g/mol. The van der Waals surface area contributed by atoms with Gasteiger partial charge in [-0.15, -0.1) is 10.2 Å². The molecule has 0 bridgehead atoms. The van der Waals surface area contributed by atoms with Crippen molar-refractivity contribution in [1.82, 2.24) is 24.9 Å². The largest absolute Gasteiger partial charge is 0.495 e. The molecule has 1 aliphatic carbocycles.